The number of nitrogens with one attached hydrogen (secondary N) is 3. The first kappa shape index (κ1) is 18.2. The van der Waals surface area contributed by atoms with E-state index in [0.717, 1.165) is 18.5 Å². The van der Waals surface area contributed by atoms with Crippen molar-refractivity contribution in [1.29, 1.82) is 0 Å². The topological polar surface area (TPSA) is 56.4 Å². The molecule has 2 aliphatic rings. The Morgan fingerprint density at radius 2 is 1.67 bits per heavy atom. The summed E-state index contributed by atoms with van der Waals surface area (Å²) in [4.78, 5) is 15.0. The van der Waals surface area contributed by atoms with Gasteiger partial charge in [-0.1, -0.05) is 54.6 Å². The Labute approximate surface area is 161 Å². The molecule has 4 rings (SSSR count). The number of hydrazine groups is 1. The number of carbonyl (C=O) groups excluding carboxylic acids is 1. The van der Waals surface area contributed by atoms with Gasteiger partial charge in [-0.3, -0.25) is 9.69 Å². The number of amides is 1. The van der Waals surface area contributed by atoms with E-state index in [1.807, 2.05) is 18.2 Å². The Kier molecular flexibility index (Phi) is 5.82. The maximum Gasteiger partial charge on any atom is 0.238 e. The van der Waals surface area contributed by atoms with Gasteiger partial charge in [0.15, 0.2) is 0 Å². The zero-order valence-electron chi connectivity index (χ0n) is 15.7. The fourth-order valence-electron chi connectivity index (χ4n) is 3.91. The monoisotopic (exact) mass is 364 g/mol. The molecule has 3 N–H and O–H groups in total. The smallest absolute Gasteiger partial charge is 0.238 e. The lowest BCUT2D eigenvalue weighted by atomic mass is 10.0. The van der Waals surface area contributed by atoms with Gasteiger partial charge in [0.05, 0.1) is 0 Å². The first-order valence-corrected chi connectivity index (χ1v) is 9.92. The van der Waals surface area contributed by atoms with Crippen molar-refractivity contribution in [1.82, 2.24) is 21.1 Å². The Morgan fingerprint density at radius 1 is 0.963 bits per heavy atom. The molecule has 0 spiro atoms. The number of carbonyl (C=O) groups is 1. The highest BCUT2D eigenvalue weighted by Crippen LogP contribution is 2.22. The maximum absolute atomic E-state index is 12.5. The van der Waals surface area contributed by atoms with Crippen molar-refractivity contribution < 1.29 is 4.79 Å². The zero-order valence-corrected chi connectivity index (χ0v) is 15.7. The Bertz CT molecular complexity index is 741. The van der Waals surface area contributed by atoms with E-state index in [-0.39, 0.29) is 18.0 Å². The van der Waals surface area contributed by atoms with Crippen LogP contribution in [0.5, 0.6) is 0 Å². The molecule has 5 heteroatoms. The molecule has 0 aliphatic carbocycles. The van der Waals surface area contributed by atoms with Crippen LogP contribution in [0, 0.1) is 0 Å². The van der Waals surface area contributed by atoms with Crippen LogP contribution in [0.1, 0.15) is 42.0 Å². The predicted octanol–water partition coefficient (Wildman–Crippen LogP) is 2.51. The van der Waals surface area contributed by atoms with Crippen molar-refractivity contribution in [2.45, 2.75) is 44.4 Å². The largest absolute Gasteiger partial charge is 0.351 e. The first-order valence-electron chi connectivity index (χ1n) is 9.92. The average molecular weight is 364 g/mol. The lowest BCUT2D eigenvalue weighted by Crippen LogP contribution is -2.42. The third kappa shape index (κ3) is 4.75. The molecule has 0 aromatic heterocycles. The molecule has 0 radical (unpaired) electrons. The first-order chi connectivity index (χ1) is 13.3. The van der Waals surface area contributed by atoms with E-state index in [2.05, 4.69) is 57.5 Å². The molecule has 2 aromatic carbocycles. The molecule has 2 saturated heterocycles. The van der Waals surface area contributed by atoms with Crippen LogP contribution in [0.2, 0.25) is 0 Å². The fraction of sp³-hybridized carbons (Fsp3) is 0.409. The second kappa shape index (κ2) is 8.65. The van der Waals surface area contributed by atoms with E-state index < -0.39 is 0 Å². The van der Waals surface area contributed by atoms with Gasteiger partial charge in [-0.05, 0) is 49.0 Å². The van der Waals surface area contributed by atoms with E-state index in [0.29, 0.717) is 6.54 Å². The molecular weight excluding hydrogens is 336 g/mol. The van der Waals surface area contributed by atoms with Crippen LogP contribution in [0.15, 0.2) is 54.6 Å². The van der Waals surface area contributed by atoms with E-state index in [1.165, 1.54) is 37.1 Å². The van der Waals surface area contributed by atoms with E-state index >= 15 is 0 Å². The zero-order chi connectivity index (χ0) is 18.5. The van der Waals surface area contributed by atoms with Crippen molar-refractivity contribution in [2.24, 2.45) is 0 Å². The molecule has 1 amide bonds. The third-order valence-corrected chi connectivity index (χ3v) is 5.52. The summed E-state index contributed by atoms with van der Waals surface area (Å²) < 4.78 is 0. The van der Waals surface area contributed by atoms with Crippen molar-refractivity contribution in [3.8, 4) is 0 Å². The Hall–Kier alpha value is -2.21. The second-order valence-corrected chi connectivity index (χ2v) is 7.56. The average Bonchev–Trinajstić information content (AvgIpc) is 3.40. The van der Waals surface area contributed by atoms with Gasteiger partial charge >= 0.3 is 0 Å². The number of likely N-dealkylation sites (tertiary alicyclic amines) is 1. The summed E-state index contributed by atoms with van der Waals surface area (Å²) in [5, 5.41) is 3.05. The lowest BCUT2D eigenvalue weighted by molar-refractivity contribution is -0.123. The minimum absolute atomic E-state index is 0.0436. The molecule has 142 valence electrons. The minimum atomic E-state index is -0.204. The SMILES string of the molecule is O=C(NCc1ccc(CN2CCCC2)cc1)C1CC(c2ccccc2)NN1. The van der Waals surface area contributed by atoms with Crippen LogP contribution in [0.25, 0.3) is 0 Å². The molecule has 27 heavy (non-hydrogen) atoms. The molecule has 2 aliphatic heterocycles. The summed E-state index contributed by atoms with van der Waals surface area (Å²) in [5.74, 6) is 0.0436. The molecule has 2 aromatic rings. The Morgan fingerprint density at radius 3 is 2.41 bits per heavy atom. The number of rotatable bonds is 6. The molecule has 2 atom stereocenters. The van der Waals surface area contributed by atoms with Gasteiger partial charge in [0.25, 0.3) is 0 Å². The second-order valence-electron chi connectivity index (χ2n) is 7.56. The van der Waals surface area contributed by atoms with Crippen LogP contribution in [0.3, 0.4) is 0 Å². The number of hydrogen-bond acceptors (Lipinski definition) is 4. The standard InChI is InChI=1S/C22H28N4O/c27-22(21-14-20(24-25-21)19-6-2-1-3-7-19)23-15-17-8-10-18(11-9-17)16-26-12-4-5-13-26/h1-3,6-11,20-21,24-25H,4-5,12-16H2,(H,23,27). The lowest BCUT2D eigenvalue weighted by Gasteiger charge is -2.15. The van der Waals surface area contributed by atoms with Crippen molar-refractivity contribution in [2.75, 3.05) is 13.1 Å². The van der Waals surface area contributed by atoms with Crippen molar-refractivity contribution >= 4 is 5.91 Å². The van der Waals surface area contributed by atoms with Crippen molar-refractivity contribution in [3.05, 3.63) is 71.3 Å². The summed E-state index contributed by atoms with van der Waals surface area (Å²) in [6, 6.07) is 18.8. The predicted molar refractivity (Wildman–Crippen MR) is 107 cm³/mol. The van der Waals surface area contributed by atoms with E-state index in [1.54, 1.807) is 0 Å². The molecule has 2 unspecified atom stereocenters. The van der Waals surface area contributed by atoms with Crippen LogP contribution in [-0.4, -0.2) is 29.9 Å². The molecule has 2 fully saturated rings. The van der Waals surface area contributed by atoms with Gasteiger partial charge in [-0.25, -0.2) is 10.9 Å². The van der Waals surface area contributed by atoms with Gasteiger partial charge in [0, 0.05) is 19.1 Å². The summed E-state index contributed by atoms with van der Waals surface area (Å²) in [6.45, 7) is 4.02. The highest BCUT2D eigenvalue weighted by Gasteiger charge is 2.29. The Balaban J connectivity index is 1.24. The molecule has 5 nitrogen and oxygen atoms in total. The van der Waals surface area contributed by atoms with Gasteiger partial charge in [-0.2, -0.15) is 0 Å². The quantitative estimate of drug-likeness (QED) is 0.737. The highest BCUT2D eigenvalue weighted by atomic mass is 16.2. The van der Waals surface area contributed by atoms with Crippen LogP contribution >= 0.6 is 0 Å². The van der Waals surface area contributed by atoms with Crippen molar-refractivity contribution in [3.63, 3.8) is 0 Å². The molecular formula is C22H28N4O. The third-order valence-electron chi connectivity index (χ3n) is 5.52. The molecule has 0 saturated carbocycles. The normalized spacial score (nSPS) is 22.8. The van der Waals surface area contributed by atoms with Gasteiger partial charge < -0.3 is 5.32 Å². The molecule has 0 bridgehead atoms. The van der Waals surface area contributed by atoms with E-state index in [4.69, 9.17) is 0 Å². The summed E-state index contributed by atoms with van der Waals surface area (Å²) >= 11 is 0. The van der Waals surface area contributed by atoms with Gasteiger partial charge in [0.2, 0.25) is 5.91 Å². The number of nitrogens with zero attached hydrogens (tertiary/aromatic N) is 1. The van der Waals surface area contributed by atoms with Gasteiger partial charge in [0.1, 0.15) is 6.04 Å². The highest BCUT2D eigenvalue weighted by molar-refractivity contribution is 5.82. The molecule has 2 heterocycles. The van der Waals surface area contributed by atoms with Crippen LogP contribution in [0.4, 0.5) is 0 Å². The van der Waals surface area contributed by atoms with Crippen LogP contribution in [-0.2, 0) is 17.9 Å². The van der Waals surface area contributed by atoms with E-state index in [9.17, 15) is 4.79 Å². The van der Waals surface area contributed by atoms with Gasteiger partial charge in [-0.15, -0.1) is 0 Å². The summed E-state index contributed by atoms with van der Waals surface area (Å²) in [5.41, 5.74) is 10.0. The maximum atomic E-state index is 12.5. The minimum Gasteiger partial charge on any atom is -0.351 e. The summed E-state index contributed by atoms with van der Waals surface area (Å²) in [7, 11) is 0. The van der Waals surface area contributed by atoms with Crippen LogP contribution < -0.4 is 16.2 Å². The number of hydrogen-bond donors (Lipinski definition) is 3. The number of benzene rings is 2. The summed E-state index contributed by atoms with van der Waals surface area (Å²) in [6.07, 6.45) is 3.39. The fourth-order valence-corrected chi connectivity index (χ4v) is 3.91.